The SMILES string of the molecule is CCCCCCOc1ccc(C=CC2=NN(c3ccccc3)C(c3ccc(OCCCCCC)cc3)C2)cc1. The van der Waals surface area contributed by atoms with E-state index in [4.69, 9.17) is 14.6 Å². The summed E-state index contributed by atoms with van der Waals surface area (Å²) >= 11 is 0. The van der Waals surface area contributed by atoms with Crippen LogP contribution in [-0.4, -0.2) is 18.9 Å². The van der Waals surface area contributed by atoms with Crippen LogP contribution in [0.1, 0.15) is 88.8 Å². The van der Waals surface area contributed by atoms with Crippen LogP contribution >= 0.6 is 0 Å². The van der Waals surface area contributed by atoms with Crippen molar-refractivity contribution < 1.29 is 9.47 Å². The van der Waals surface area contributed by atoms with E-state index in [-0.39, 0.29) is 6.04 Å². The van der Waals surface area contributed by atoms with Crippen LogP contribution in [0.3, 0.4) is 0 Å². The third-order valence-electron chi connectivity index (χ3n) is 7.10. The summed E-state index contributed by atoms with van der Waals surface area (Å²) in [7, 11) is 0. The molecule has 1 heterocycles. The second kappa shape index (κ2) is 15.8. The molecule has 3 aromatic rings. The maximum atomic E-state index is 5.97. The van der Waals surface area contributed by atoms with Gasteiger partial charge in [-0.05, 0) is 66.4 Å². The number of hydrogen-bond donors (Lipinski definition) is 0. The Labute approximate surface area is 235 Å². The maximum absolute atomic E-state index is 5.97. The Morgan fingerprint density at radius 3 is 1.87 bits per heavy atom. The molecule has 0 aliphatic carbocycles. The zero-order valence-electron chi connectivity index (χ0n) is 23.7. The Balaban J connectivity index is 1.38. The molecule has 3 aromatic carbocycles. The molecule has 0 N–H and O–H groups in total. The van der Waals surface area contributed by atoms with E-state index in [0.717, 1.165) is 60.9 Å². The molecule has 39 heavy (non-hydrogen) atoms. The smallest absolute Gasteiger partial charge is 0.119 e. The Morgan fingerprint density at radius 2 is 1.28 bits per heavy atom. The molecule has 4 heteroatoms. The standard InChI is InChI=1S/C35H44N2O2/c1-3-5-7-12-26-38-33-22-17-29(18-23-33)16-21-31-28-35(37(36-31)32-14-10-9-11-15-32)30-19-24-34(25-20-30)39-27-13-8-6-4-2/h9-11,14-25,35H,3-8,12-13,26-28H2,1-2H3. The lowest BCUT2D eigenvalue weighted by molar-refractivity contribution is 0.305. The highest BCUT2D eigenvalue weighted by molar-refractivity contribution is 6.01. The van der Waals surface area contributed by atoms with Crippen molar-refractivity contribution >= 4 is 17.5 Å². The zero-order valence-corrected chi connectivity index (χ0v) is 23.7. The van der Waals surface area contributed by atoms with Gasteiger partial charge in [-0.3, -0.25) is 5.01 Å². The predicted octanol–water partition coefficient (Wildman–Crippen LogP) is 9.63. The summed E-state index contributed by atoms with van der Waals surface area (Å²) in [5, 5.41) is 7.17. The third-order valence-corrected chi connectivity index (χ3v) is 7.10. The van der Waals surface area contributed by atoms with Crippen LogP contribution < -0.4 is 14.5 Å². The molecule has 206 valence electrons. The molecular formula is C35H44N2O2. The molecule has 4 nitrogen and oxygen atoms in total. The van der Waals surface area contributed by atoms with E-state index >= 15 is 0 Å². The second-order valence-electron chi connectivity index (χ2n) is 10.3. The molecule has 0 aromatic heterocycles. The molecule has 4 rings (SSSR count). The number of anilines is 1. The van der Waals surface area contributed by atoms with Crippen molar-refractivity contribution in [3.8, 4) is 11.5 Å². The summed E-state index contributed by atoms with van der Waals surface area (Å²) in [6.07, 6.45) is 14.9. The van der Waals surface area contributed by atoms with Crippen LogP contribution in [0.4, 0.5) is 5.69 Å². The van der Waals surface area contributed by atoms with Gasteiger partial charge in [0.05, 0.1) is 30.7 Å². The van der Waals surface area contributed by atoms with E-state index in [1.54, 1.807) is 0 Å². The number of hydrazone groups is 1. The highest BCUT2D eigenvalue weighted by Crippen LogP contribution is 2.36. The van der Waals surface area contributed by atoms with Crippen LogP contribution in [0.15, 0.2) is 90.0 Å². The minimum atomic E-state index is 0.147. The third kappa shape index (κ3) is 9.02. The van der Waals surface area contributed by atoms with E-state index in [9.17, 15) is 0 Å². The number of ether oxygens (including phenoxy) is 2. The Hall–Kier alpha value is -3.53. The van der Waals surface area contributed by atoms with Gasteiger partial charge in [0, 0.05) is 6.42 Å². The first-order valence-corrected chi connectivity index (χ1v) is 14.8. The van der Waals surface area contributed by atoms with Gasteiger partial charge in [0.1, 0.15) is 11.5 Å². The van der Waals surface area contributed by atoms with Gasteiger partial charge in [-0.25, -0.2) is 0 Å². The molecule has 0 saturated heterocycles. The normalized spacial score (nSPS) is 15.1. The van der Waals surface area contributed by atoms with Gasteiger partial charge in [0.2, 0.25) is 0 Å². The number of hydrogen-bond acceptors (Lipinski definition) is 4. The number of benzene rings is 3. The van der Waals surface area contributed by atoms with Crippen LogP contribution in [0.2, 0.25) is 0 Å². The molecule has 0 saturated carbocycles. The highest BCUT2D eigenvalue weighted by atomic mass is 16.5. The number of unbranched alkanes of at least 4 members (excludes halogenated alkanes) is 6. The predicted molar refractivity (Wildman–Crippen MR) is 165 cm³/mol. The lowest BCUT2D eigenvalue weighted by atomic mass is 10.0. The van der Waals surface area contributed by atoms with E-state index in [1.165, 1.54) is 44.1 Å². The largest absolute Gasteiger partial charge is 0.494 e. The van der Waals surface area contributed by atoms with Crippen molar-refractivity contribution in [3.63, 3.8) is 0 Å². The molecule has 0 bridgehead atoms. The van der Waals surface area contributed by atoms with Crippen molar-refractivity contribution in [2.45, 2.75) is 77.7 Å². The van der Waals surface area contributed by atoms with E-state index in [0.29, 0.717) is 0 Å². The molecule has 1 aliphatic heterocycles. The van der Waals surface area contributed by atoms with Crippen molar-refractivity contribution in [1.29, 1.82) is 0 Å². The fourth-order valence-electron chi connectivity index (χ4n) is 4.80. The van der Waals surface area contributed by atoms with Crippen LogP contribution in [0.5, 0.6) is 11.5 Å². The number of para-hydroxylation sites is 1. The summed E-state index contributed by atoms with van der Waals surface area (Å²) in [4.78, 5) is 0. The van der Waals surface area contributed by atoms with Gasteiger partial charge in [-0.1, -0.05) is 101 Å². The van der Waals surface area contributed by atoms with Crippen molar-refractivity contribution in [2.75, 3.05) is 18.2 Å². The van der Waals surface area contributed by atoms with Gasteiger partial charge in [-0.2, -0.15) is 5.10 Å². The highest BCUT2D eigenvalue weighted by Gasteiger charge is 2.28. The summed E-state index contributed by atoms with van der Waals surface area (Å²) in [5.74, 6) is 1.87. The molecule has 1 aliphatic rings. The van der Waals surface area contributed by atoms with E-state index in [2.05, 4.69) is 104 Å². The molecular weight excluding hydrogens is 480 g/mol. The average molecular weight is 525 g/mol. The number of nitrogens with zero attached hydrogens (tertiary/aromatic N) is 2. The van der Waals surface area contributed by atoms with Crippen molar-refractivity contribution in [3.05, 3.63) is 96.1 Å². The average Bonchev–Trinajstić information content (AvgIpc) is 3.42. The lowest BCUT2D eigenvalue weighted by Gasteiger charge is -2.24. The quantitative estimate of drug-likeness (QED) is 0.175. The fourth-order valence-corrected chi connectivity index (χ4v) is 4.80. The minimum absolute atomic E-state index is 0.147. The zero-order chi connectivity index (χ0) is 27.1. The summed E-state index contributed by atoms with van der Waals surface area (Å²) in [6, 6.07) is 27.5. The van der Waals surface area contributed by atoms with Gasteiger partial charge in [0.15, 0.2) is 0 Å². The molecule has 0 fully saturated rings. The summed E-state index contributed by atoms with van der Waals surface area (Å²) < 4.78 is 11.9. The number of rotatable bonds is 16. The minimum Gasteiger partial charge on any atom is -0.494 e. The fraction of sp³-hybridized carbons (Fsp3) is 0.400. The Kier molecular flexibility index (Phi) is 11.5. The van der Waals surface area contributed by atoms with Gasteiger partial charge >= 0.3 is 0 Å². The van der Waals surface area contributed by atoms with E-state index < -0.39 is 0 Å². The van der Waals surface area contributed by atoms with Crippen molar-refractivity contribution in [2.24, 2.45) is 5.10 Å². The monoisotopic (exact) mass is 524 g/mol. The topological polar surface area (TPSA) is 34.1 Å². The van der Waals surface area contributed by atoms with Gasteiger partial charge in [-0.15, -0.1) is 0 Å². The Morgan fingerprint density at radius 1 is 0.692 bits per heavy atom. The lowest BCUT2D eigenvalue weighted by Crippen LogP contribution is -2.18. The van der Waals surface area contributed by atoms with Gasteiger partial charge < -0.3 is 9.47 Å². The first-order chi connectivity index (χ1) is 19.3. The molecule has 0 amide bonds. The summed E-state index contributed by atoms with van der Waals surface area (Å²) in [5.41, 5.74) is 4.55. The molecule has 1 atom stereocenters. The number of allylic oxidation sites excluding steroid dienone is 1. The molecule has 0 radical (unpaired) electrons. The molecule has 1 unspecified atom stereocenters. The van der Waals surface area contributed by atoms with E-state index in [1.807, 2.05) is 6.07 Å². The first-order valence-electron chi connectivity index (χ1n) is 14.8. The van der Waals surface area contributed by atoms with Crippen LogP contribution in [-0.2, 0) is 0 Å². The van der Waals surface area contributed by atoms with Gasteiger partial charge in [0.25, 0.3) is 0 Å². The molecule has 0 spiro atoms. The summed E-state index contributed by atoms with van der Waals surface area (Å²) in [6.45, 7) is 6.03. The second-order valence-corrected chi connectivity index (χ2v) is 10.3. The first kappa shape index (κ1) is 28.5. The van der Waals surface area contributed by atoms with Crippen LogP contribution in [0.25, 0.3) is 6.08 Å². The Bertz CT molecular complexity index is 1150. The van der Waals surface area contributed by atoms with Crippen LogP contribution in [0, 0.1) is 0 Å². The van der Waals surface area contributed by atoms with Crippen molar-refractivity contribution in [1.82, 2.24) is 0 Å². The maximum Gasteiger partial charge on any atom is 0.119 e.